The van der Waals surface area contributed by atoms with Crippen molar-refractivity contribution >= 4 is 17.9 Å². The van der Waals surface area contributed by atoms with E-state index < -0.39 is 57.9 Å². The Morgan fingerprint density at radius 2 is 1.97 bits per heavy atom. The molecule has 0 saturated carbocycles. The Kier molecular flexibility index (Phi) is 7.23. The Morgan fingerprint density at radius 1 is 1.26 bits per heavy atom. The van der Waals surface area contributed by atoms with Crippen LogP contribution >= 0.6 is 0 Å². The van der Waals surface area contributed by atoms with Gasteiger partial charge in [-0.05, 0) is 32.9 Å². The molecule has 1 amide bonds. The van der Waals surface area contributed by atoms with Gasteiger partial charge in [-0.15, -0.1) is 0 Å². The van der Waals surface area contributed by atoms with Crippen LogP contribution in [0.3, 0.4) is 0 Å². The van der Waals surface area contributed by atoms with Crippen molar-refractivity contribution < 1.29 is 31.5 Å². The topological polar surface area (TPSA) is 83.5 Å². The number of aromatic amines is 1. The first-order valence-corrected chi connectivity index (χ1v) is 10.4. The van der Waals surface area contributed by atoms with Gasteiger partial charge < -0.3 is 15.0 Å². The maximum Gasteiger partial charge on any atom is 0.417 e. The van der Waals surface area contributed by atoms with Crippen LogP contribution in [0.25, 0.3) is 6.08 Å². The van der Waals surface area contributed by atoms with Crippen molar-refractivity contribution in [3.63, 3.8) is 0 Å². The lowest BCUT2D eigenvalue weighted by molar-refractivity contribution is -0.139. The van der Waals surface area contributed by atoms with E-state index in [1.165, 1.54) is 19.1 Å². The number of rotatable bonds is 5. The lowest BCUT2D eigenvalue weighted by atomic mass is 9.91. The van der Waals surface area contributed by atoms with Crippen molar-refractivity contribution in [1.82, 2.24) is 10.3 Å². The van der Waals surface area contributed by atoms with Crippen LogP contribution in [0.4, 0.5) is 22.0 Å². The molecular weight excluding hydrogens is 461 g/mol. The fourth-order valence-corrected chi connectivity index (χ4v) is 3.73. The van der Waals surface area contributed by atoms with Gasteiger partial charge in [-0.3, -0.25) is 9.59 Å². The van der Waals surface area contributed by atoms with Gasteiger partial charge in [0.15, 0.2) is 0 Å². The highest BCUT2D eigenvalue weighted by molar-refractivity contribution is 6.00. The second-order valence-corrected chi connectivity index (χ2v) is 7.63. The van der Waals surface area contributed by atoms with E-state index in [1.807, 2.05) is 0 Å². The molecule has 0 spiro atoms. The molecule has 2 N–H and O–H groups in total. The number of H-pyrrole nitrogens is 1. The molecule has 1 aliphatic rings. The molecule has 3 rings (SSSR count). The number of carbonyl (C=O) groups is 1. The number of hydrogen-bond acceptors (Lipinski definition) is 4. The molecule has 1 aliphatic heterocycles. The second kappa shape index (κ2) is 9.78. The number of nitrogens with one attached hydrogen (secondary N) is 2. The standard InChI is InChI=1S/C23H22F5N3O3/c1-4-34-22-18-16(6-5-9-29-22)31-21(33)17(19(18)23(26,27)28)11(2)20(32)30-12(3)14-8-7-13(24)10-15(14)25/h5-8,10-12H,4,9H2,1-3H3,(H,30,32)(H,31,33)/t11-,12+/m1/s1. The van der Waals surface area contributed by atoms with Gasteiger partial charge in [-0.25, -0.2) is 13.8 Å². The predicted octanol–water partition coefficient (Wildman–Crippen LogP) is 4.46. The first-order valence-electron chi connectivity index (χ1n) is 10.4. The van der Waals surface area contributed by atoms with Gasteiger partial charge in [0.2, 0.25) is 11.8 Å². The molecule has 11 heteroatoms. The number of carbonyl (C=O) groups excluding carboxylic acids is 1. The normalized spacial score (nSPS) is 15.1. The summed E-state index contributed by atoms with van der Waals surface area (Å²) in [6.45, 7) is 4.17. The predicted molar refractivity (Wildman–Crippen MR) is 115 cm³/mol. The van der Waals surface area contributed by atoms with E-state index in [0.717, 1.165) is 19.1 Å². The zero-order chi connectivity index (χ0) is 25.2. The summed E-state index contributed by atoms with van der Waals surface area (Å²) in [5.74, 6) is -4.58. The number of nitrogens with zero attached hydrogens (tertiary/aromatic N) is 1. The molecule has 2 heterocycles. The number of aromatic nitrogens is 1. The summed E-state index contributed by atoms with van der Waals surface area (Å²) in [6.07, 6.45) is -2.25. The molecule has 0 bridgehead atoms. The molecule has 0 aliphatic carbocycles. The van der Waals surface area contributed by atoms with Crippen molar-refractivity contribution in [3.05, 3.63) is 74.2 Å². The number of ether oxygens (including phenoxy) is 1. The van der Waals surface area contributed by atoms with Crippen LogP contribution in [0.15, 0.2) is 34.1 Å². The number of fused-ring (bicyclic) bond motifs is 1. The van der Waals surface area contributed by atoms with Crippen molar-refractivity contribution in [2.75, 3.05) is 13.2 Å². The van der Waals surface area contributed by atoms with Crippen LogP contribution in [-0.4, -0.2) is 29.9 Å². The van der Waals surface area contributed by atoms with E-state index in [9.17, 15) is 31.5 Å². The SMILES string of the molecule is CCOC1=NCC=Cc2[nH]c(=O)c([C@@H](C)C(=O)N[C@@H](C)c3ccc(F)cc3F)c(C(F)(F)F)c21. The highest BCUT2D eigenvalue weighted by Crippen LogP contribution is 2.38. The molecule has 1 aromatic heterocycles. The van der Waals surface area contributed by atoms with Gasteiger partial charge in [-0.1, -0.05) is 12.1 Å². The Morgan fingerprint density at radius 3 is 2.59 bits per heavy atom. The maximum absolute atomic E-state index is 14.3. The van der Waals surface area contributed by atoms with Crippen LogP contribution in [0, 0.1) is 11.6 Å². The van der Waals surface area contributed by atoms with E-state index in [-0.39, 0.29) is 30.3 Å². The van der Waals surface area contributed by atoms with Gasteiger partial charge in [0, 0.05) is 17.2 Å². The van der Waals surface area contributed by atoms with E-state index in [1.54, 1.807) is 6.92 Å². The number of benzene rings is 1. The van der Waals surface area contributed by atoms with Crippen LogP contribution in [-0.2, 0) is 15.7 Å². The quantitative estimate of drug-likeness (QED) is 0.616. The average Bonchev–Trinajstić information content (AvgIpc) is 2.93. The second-order valence-electron chi connectivity index (χ2n) is 7.63. The molecule has 2 atom stereocenters. The van der Waals surface area contributed by atoms with Crippen molar-refractivity contribution in [2.24, 2.45) is 4.99 Å². The van der Waals surface area contributed by atoms with Gasteiger partial charge in [0.05, 0.1) is 41.9 Å². The minimum atomic E-state index is -5.02. The summed E-state index contributed by atoms with van der Waals surface area (Å²) in [6, 6.07) is 1.73. The third kappa shape index (κ3) is 5.02. The highest BCUT2D eigenvalue weighted by atomic mass is 19.4. The van der Waals surface area contributed by atoms with Crippen LogP contribution < -0.4 is 10.9 Å². The van der Waals surface area contributed by atoms with Crippen molar-refractivity contribution in [3.8, 4) is 0 Å². The molecule has 2 aromatic rings. The summed E-state index contributed by atoms with van der Waals surface area (Å²) in [5, 5.41) is 2.39. The van der Waals surface area contributed by atoms with Gasteiger partial charge in [0.1, 0.15) is 11.6 Å². The Bertz CT molecular complexity index is 1220. The monoisotopic (exact) mass is 483 g/mol. The minimum Gasteiger partial charge on any atom is -0.478 e. The van der Waals surface area contributed by atoms with E-state index in [4.69, 9.17) is 4.74 Å². The fourth-order valence-electron chi connectivity index (χ4n) is 3.73. The molecule has 0 unspecified atom stereocenters. The molecule has 0 fully saturated rings. The molecule has 34 heavy (non-hydrogen) atoms. The Hall–Kier alpha value is -3.50. The van der Waals surface area contributed by atoms with Crippen molar-refractivity contribution in [1.29, 1.82) is 0 Å². The summed E-state index contributed by atoms with van der Waals surface area (Å²) in [4.78, 5) is 32.1. The third-order valence-electron chi connectivity index (χ3n) is 5.30. The molecule has 1 aromatic carbocycles. The lowest BCUT2D eigenvalue weighted by Crippen LogP contribution is -2.36. The van der Waals surface area contributed by atoms with Crippen LogP contribution in [0.1, 0.15) is 60.7 Å². The summed E-state index contributed by atoms with van der Waals surface area (Å²) >= 11 is 0. The van der Waals surface area contributed by atoms with E-state index in [2.05, 4.69) is 15.3 Å². The molecule has 6 nitrogen and oxygen atoms in total. The average molecular weight is 483 g/mol. The maximum atomic E-state index is 14.3. The number of aliphatic imine (C=N–C) groups is 1. The minimum absolute atomic E-state index is 0.0286. The number of hydrogen-bond donors (Lipinski definition) is 2. The van der Waals surface area contributed by atoms with Gasteiger partial charge >= 0.3 is 6.18 Å². The smallest absolute Gasteiger partial charge is 0.417 e. The van der Waals surface area contributed by atoms with Gasteiger partial charge in [-0.2, -0.15) is 13.2 Å². The van der Waals surface area contributed by atoms with E-state index in [0.29, 0.717) is 6.07 Å². The molecule has 182 valence electrons. The molecule has 0 radical (unpaired) electrons. The Balaban J connectivity index is 2.09. The van der Waals surface area contributed by atoms with Gasteiger partial charge in [0.25, 0.3) is 5.56 Å². The number of pyridine rings is 1. The van der Waals surface area contributed by atoms with Crippen molar-refractivity contribution in [2.45, 2.75) is 38.9 Å². The third-order valence-corrected chi connectivity index (χ3v) is 5.30. The van der Waals surface area contributed by atoms with Crippen LogP contribution in [0.2, 0.25) is 0 Å². The molecule has 0 saturated heterocycles. The molecular formula is C23H22F5N3O3. The number of alkyl halides is 3. The zero-order valence-electron chi connectivity index (χ0n) is 18.5. The largest absolute Gasteiger partial charge is 0.478 e. The number of halogens is 5. The zero-order valence-corrected chi connectivity index (χ0v) is 18.5. The van der Waals surface area contributed by atoms with Crippen LogP contribution in [0.5, 0.6) is 0 Å². The summed E-state index contributed by atoms with van der Waals surface area (Å²) < 4.78 is 75.5. The fraction of sp³-hybridized carbons (Fsp3) is 0.348. The Labute approximate surface area is 191 Å². The lowest BCUT2D eigenvalue weighted by Gasteiger charge is -2.23. The summed E-state index contributed by atoms with van der Waals surface area (Å²) in [5.41, 5.74) is -3.91. The van der Waals surface area contributed by atoms with E-state index >= 15 is 0 Å². The number of amides is 1. The highest BCUT2D eigenvalue weighted by Gasteiger charge is 2.43. The summed E-state index contributed by atoms with van der Waals surface area (Å²) in [7, 11) is 0. The first-order chi connectivity index (χ1) is 16.0. The first kappa shape index (κ1) is 25.1.